The molecule has 0 saturated carbocycles. The van der Waals surface area contributed by atoms with Gasteiger partial charge < -0.3 is 14.9 Å². The van der Waals surface area contributed by atoms with Crippen LogP contribution in [0, 0.1) is 6.92 Å². The van der Waals surface area contributed by atoms with Gasteiger partial charge in [0.15, 0.2) is 11.5 Å². The molecule has 0 saturated heterocycles. The maximum Gasteiger partial charge on any atom is 0.339 e. The maximum atomic E-state index is 11.0. The molecule has 88 valence electrons. The zero-order chi connectivity index (χ0) is 12.5. The Hall–Kier alpha value is -0.750. The minimum Gasteiger partial charge on any atom is -0.504 e. The fourth-order valence-corrected chi connectivity index (χ4v) is 2.28. The first kappa shape index (κ1) is 13.3. The number of aromatic carboxylic acids is 1. The highest BCUT2D eigenvalue weighted by Gasteiger charge is 2.24. The number of carbonyl (C=O) groups is 1. The van der Waals surface area contributed by atoms with Crippen molar-refractivity contribution in [2.75, 3.05) is 6.61 Å². The van der Waals surface area contributed by atoms with Crippen molar-refractivity contribution >= 4 is 37.8 Å². The van der Waals surface area contributed by atoms with Crippen LogP contribution in [0.5, 0.6) is 11.5 Å². The van der Waals surface area contributed by atoms with E-state index >= 15 is 0 Å². The fraction of sp³-hybridized carbons (Fsp3) is 0.300. The number of hydrogen-bond acceptors (Lipinski definition) is 3. The van der Waals surface area contributed by atoms with E-state index in [-0.39, 0.29) is 17.1 Å². The van der Waals surface area contributed by atoms with E-state index < -0.39 is 5.97 Å². The number of hydrogen-bond donors (Lipinski definition) is 2. The van der Waals surface area contributed by atoms with Gasteiger partial charge in [0.05, 0.1) is 11.1 Å². The summed E-state index contributed by atoms with van der Waals surface area (Å²) in [5.41, 5.74) is 0.291. The Morgan fingerprint density at radius 1 is 1.38 bits per heavy atom. The molecule has 0 amide bonds. The smallest absolute Gasteiger partial charge is 0.339 e. The van der Waals surface area contributed by atoms with Crippen LogP contribution in [-0.4, -0.2) is 22.8 Å². The second kappa shape index (κ2) is 5.05. The van der Waals surface area contributed by atoms with Crippen molar-refractivity contribution in [2.45, 2.75) is 13.8 Å². The predicted molar refractivity (Wildman–Crippen MR) is 66.4 cm³/mol. The predicted octanol–water partition coefficient (Wildman–Crippen LogP) is 3.32. The summed E-state index contributed by atoms with van der Waals surface area (Å²) in [6.07, 6.45) is 0. The van der Waals surface area contributed by atoms with Gasteiger partial charge >= 0.3 is 5.97 Å². The summed E-state index contributed by atoms with van der Waals surface area (Å²) >= 11 is 6.49. The summed E-state index contributed by atoms with van der Waals surface area (Å²) in [5, 5.41) is 18.8. The Bertz CT molecular complexity index is 443. The van der Waals surface area contributed by atoms with Gasteiger partial charge in [0.2, 0.25) is 0 Å². The standard InChI is InChI=1S/C10H10Br2O4/c1-3-16-9-7(12)6(11)4(2)5(8(9)13)10(14)15/h13H,3H2,1-2H3,(H,14,15). The second-order valence-corrected chi connectivity index (χ2v) is 4.63. The van der Waals surface area contributed by atoms with Crippen LogP contribution in [-0.2, 0) is 0 Å². The van der Waals surface area contributed by atoms with Gasteiger partial charge in [-0.05, 0) is 51.3 Å². The van der Waals surface area contributed by atoms with Gasteiger partial charge in [0, 0.05) is 4.47 Å². The van der Waals surface area contributed by atoms with E-state index in [1.54, 1.807) is 13.8 Å². The number of halogens is 2. The van der Waals surface area contributed by atoms with Gasteiger partial charge in [-0.3, -0.25) is 0 Å². The Labute approximate surface area is 109 Å². The minimum absolute atomic E-state index is 0.136. The molecule has 0 unspecified atom stereocenters. The molecular formula is C10H10Br2O4. The zero-order valence-corrected chi connectivity index (χ0v) is 11.8. The lowest BCUT2D eigenvalue weighted by molar-refractivity contribution is 0.0692. The fourth-order valence-electron chi connectivity index (χ4n) is 1.31. The molecule has 0 atom stereocenters. The number of ether oxygens (including phenoxy) is 1. The van der Waals surface area contributed by atoms with Crippen molar-refractivity contribution in [1.29, 1.82) is 0 Å². The highest BCUT2D eigenvalue weighted by Crippen LogP contribution is 2.44. The lowest BCUT2D eigenvalue weighted by Crippen LogP contribution is -2.04. The number of phenols is 1. The molecule has 0 aliphatic carbocycles. The molecule has 2 N–H and O–H groups in total. The van der Waals surface area contributed by atoms with E-state index in [4.69, 9.17) is 9.84 Å². The van der Waals surface area contributed by atoms with Gasteiger partial charge in [-0.2, -0.15) is 0 Å². The first-order chi connectivity index (χ1) is 7.41. The van der Waals surface area contributed by atoms with Gasteiger partial charge in [-0.15, -0.1) is 0 Å². The third-order valence-corrected chi connectivity index (χ3v) is 4.33. The van der Waals surface area contributed by atoms with Crippen LogP contribution in [0.3, 0.4) is 0 Å². The lowest BCUT2D eigenvalue weighted by atomic mass is 10.1. The molecule has 0 bridgehead atoms. The van der Waals surface area contributed by atoms with E-state index in [0.717, 1.165) is 0 Å². The van der Waals surface area contributed by atoms with Gasteiger partial charge in [-0.25, -0.2) is 4.79 Å². The first-order valence-electron chi connectivity index (χ1n) is 4.48. The van der Waals surface area contributed by atoms with Crippen molar-refractivity contribution in [1.82, 2.24) is 0 Å². The van der Waals surface area contributed by atoms with E-state index in [0.29, 0.717) is 21.1 Å². The van der Waals surface area contributed by atoms with Crippen LogP contribution in [0.4, 0.5) is 0 Å². The van der Waals surface area contributed by atoms with Crippen LogP contribution in [0.1, 0.15) is 22.8 Å². The van der Waals surface area contributed by atoms with Crippen molar-refractivity contribution in [3.63, 3.8) is 0 Å². The number of rotatable bonds is 3. The van der Waals surface area contributed by atoms with Crippen LogP contribution < -0.4 is 4.74 Å². The Morgan fingerprint density at radius 3 is 2.38 bits per heavy atom. The summed E-state index contributed by atoms with van der Waals surface area (Å²) in [6.45, 7) is 3.69. The van der Waals surface area contributed by atoms with E-state index in [9.17, 15) is 9.90 Å². The largest absolute Gasteiger partial charge is 0.504 e. The molecule has 0 heterocycles. The maximum absolute atomic E-state index is 11.0. The van der Waals surface area contributed by atoms with E-state index in [1.165, 1.54) is 0 Å². The molecule has 6 heteroatoms. The van der Waals surface area contributed by atoms with Gasteiger partial charge in [0.1, 0.15) is 5.56 Å². The summed E-state index contributed by atoms with van der Waals surface area (Å²) in [6, 6.07) is 0. The molecule has 0 aliphatic heterocycles. The van der Waals surface area contributed by atoms with Gasteiger partial charge in [-0.1, -0.05) is 0 Å². The topological polar surface area (TPSA) is 66.8 Å². The number of carboxylic acid groups (broad SMARTS) is 1. The molecule has 0 radical (unpaired) electrons. The highest BCUT2D eigenvalue weighted by molar-refractivity contribution is 9.13. The Kier molecular flexibility index (Phi) is 4.21. The van der Waals surface area contributed by atoms with Gasteiger partial charge in [0.25, 0.3) is 0 Å². The monoisotopic (exact) mass is 352 g/mol. The zero-order valence-electron chi connectivity index (χ0n) is 8.67. The molecule has 16 heavy (non-hydrogen) atoms. The average Bonchev–Trinajstić information content (AvgIpc) is 2.21. The van der Waals surface area contributed by atoms with E-state index in [1.807, 2.05) is 0 Å². The van der Waals surface area contributed by atoms with Crippen LogP contribution in [0.25, 0.3) is 0 Å². The number of benzene rings is 1. The Balaban J connectivity index is 3.58. The molecular weight excluding hydrogens is 344 g/mol. The van der Waals surface area contributed by atoms with Crippen LogP contribution in [0.2, 0.25) is 0 Å². The van der Waals surface area contributed by atoms with Crippen molar-refractivity contribution in [3.05, 3.63) is 20.1 Å². The second-order valence-electron chi connectivity index (χ2n) is 3.04. The summed E-state index contributed by atoms with van der Waals surface area (Å²) < 4.78 is 6.27. The average molecular weight is 354 g/mol. The normalized spacial score (nSPS) is 10.2. The summed E-state index contributed by atoms with van der Waals surface area (Å²) in [5.74, 6) is -1.41. The third kappa shape index (κ3) is 2.17. The third-order valence-electron chi connectivity index (χ3n) is 2.05. The van der Waals surface area contributed by atoms with Crippen molar-refractivity contribution in [2.24, 2.45) is 0 Å². The Morgan fingerprint density at radius 2 is 1.94 bits per heavy atom. The number of aromatic hydroxyl groups is 1. The number of carboxylic acids is 1. The molecule has 1 aromatic rings. The van der Waals surface area contributed by atoms with E-state index in [2.05, 4.69) is 31.9 Å². The molecule has 1 rings (SSSR count). The molecule has 4 nitrogen and oxygen atoms in total. The lowest BCUT2D eigenvalue weighted by Gasteiger charge is -2.14. The minimum atomic E-state index is -1.19. The van der Waals surface area contributed by atoms with Crippen molar-refractivity contribution < 1.29 is 19.7 Å². The summed E-state index contributed by atoms with van der Waals surface area (Å²) in [4.78, 5) is 11.0. The molecule has 0 spiro atoms. The van der Waals surface area contributed by atoms with Crippen LogP contribution >= 0.6 is 31.9 Å². The summed E-state index contributed by atoms with van der Waals surface area (Å²) in [7, 11) is 0. The van der Waals surface area contributed by atoms with Crippen LogP contribution in [0.15, 0.2) is 8.95 Å². The van der Waals surface area contributed by atoms with Crippen molar-refractivity contribution in [3.8, 4) is 11.5 Å². The SMILES string of the molecule is CCOc1c(O)c(C(=O)O)c(C)c(Br)c1Br. The quantitative estimate of drug-likeness (QED) is 0.874. The highest BCUT2D eigenvalue weighted by atomic mass is 79.9. The first-order valence-corrected chi connectivity index (χ1v) is 6.07. The molecule has 0 aromatic heterocycles. The molecule has 1 aromatic carbocycles. The molecule has 0 fully saturated rings. The molecule has 0 aliphatic rings.